The van der Waals surface area contributed by atoms with E-state index in [2.05, 4.69) is 20.5 Å². The number of aromatic nitrogens is 4. The molecule has 2 heterocycles. The number of rotatable bonds is 8. The van der Waals surface area contributed by atoms with Crippen LogP contribution < -0.4 is 5.32 Å². The third-order valence-electron chi connectivity index (χ3n) is 4.57. The molecule has 4 rings (SSSR count). The minimum absolute atomic E-state index is 0.0971. The Balaban J connectivity index is 1.43. The van der Waals surface area contributed by atoms with Crippen LogP contribution in [-0.2, 0) is 11.2 Å². The number of benzene rings is 2. The molecule has 2 aromatic carbocycles. The number of carbonyl (C=O) groups excluding carboxylic acids is 1. The van der Waals surface area contributed by atoms with Gasteiger partial charge in [-0.1, -0.05) is 42.1 Å². The molecular formula is C23H20FN5OS. The number of para-hydroxylation sites is 1. The summed E-state index contributed by atoms with van der Waals surface area (Å²) in [6.45, 7) is 0.485. The van der Waals surface area contributed by atoms with E-state index < -0.39 is 0 Å². The maximum absolute atomic E-state index is 13.0. The van der Waals surface area contributed by atoms with Crippen LogP contribution in [0.2, 0.25) is 0 Å². The first-order chi connectivity index (χ1) is 15.2. The van der Waals surface area contributed by atoms with Crippen molar-refractivity contribution in [1.29, 1.82) is 0 Å². The molecule has 4 aromatic rings. The van der Waals surface area contributed by atoms with Crippen molar-refractivity contribution in [2.75, 3.05) is 12.3 Å². The van der Waals surface area contributed by atoms with E-state index in [9.17, 15) is 9.18 Å². The number of carbonyl (C=O) groups is 1. The Morgan fingerprint density at radius 2 is 1.71 bits per heavy atom. The molecule has 6 nitrogen and oxygen atoms in total. The Morgan fingerprint density at radius 3 is 2.45 bits per heavy atom. The Hall–Kier alpha value is -3.52. The minimum Gasteiger partial charge on any atom is -0.355 e. The highest BCUT2D eigenvalue weighted by molar-refractivity contribution is 7.99. The van der Waals surface area contributed by atoms with Gasteiger partial charge in [0.05, 0.1) is 5.75 Å². The number of hydrogen-bond donors (Lipinski definition) is 1. The molecule has 0 aliphatic heterocycles. The maximum atomic E-state index is 13.0. The van der Waals surface area contributed by atoms with Crippen molar-refractivity contribution < 1.29 is 9.18 Å². The lowest BCUT2D eigenvalue weighted by Gasteiger charge is -2.10. The summed E-state index contributed by atoms with van der Waals surface area (Å²) in [6.07, 6.45) is 4.06. The molecule has 156 valence electrons. The maximum Gasteiger partial charge on any atom is 0.230 e. The standard InChI is InChI=1S/C23H20FN5OS/c24-19-8-6-17(7-9-19)10-15-26-21(30)16-31-23-28-27-22(18-11-13-25-14-12-18)29(23)20-4-2-1-3-5-20/h1-9,11-14H,10,15-16H2,(H,26,30). The predicted molar refractivity (Wildman–Crippen MR) is 118 cm³/mol. The first kappa shape index (κ1) is 20.7. The lowest BCUT2D eigenvalue weighted by molar-refractivity contribution is -0.118. The Bertz CT molecular complexity index is 1130. The molecule has 0 saturated heterocycles. The summed E-state index contributed by atoms with van der Waals surface area (Å²) < 4.78 is 14.9. The van der Waals surface area contributed by atoms with Crippen LogP contribution in [0.3, 0.4) is 0 Å². The molecule has 0 spiro atoms. The molecule has 0 aliphatic carbocycles. The van der Waals surface area contributed by atoms with Crippen LogP contribution in [0.1, 0.15) is 5.56 Å². The molecule has 8 heteroatoms. The topological polar surface area (TPSA) is 72.7 Å². The number of hydrogen-bond acceptors (Lipinski definition) is 5. The first-order valence-corrected chi connectivity index (χ1v) is 10.7. The zero-order valence-electron chi connectivity index (χ0n) is 16.6. The molecule has 0 radical (unpaired) electrons. The van der Waals surface area contributed by atoms with E-state index >= 15 is 0 Å². The van der Waals surface area contributed by atoms with E-state index in [1.807, 2.05) is 47.0 Å². The van der Waals surface area contributed by atoms with Crippen LogP contribution in [0.25, 0.3) is 17.1 Å². The molecule has 2 aromatic heterocycles. The number of nitrogens with zero attached hydrogens (tertiary/aromatic N) is 4. The molecule has 31 heavy (non-hydrogen) atoms. The second-order valence-corrected chi connectivity index (χ2v) is 7.67. The van der Waals surface area contributed by atoms with Gasteiger partial charge in [0, 0.05) is 30.2 Å². The molecule has 0 fully saturated rings. The molecule has 0 bridgehead atoms. The van der Waals surface area contributed by atoms with Gasteiger partial charge < -0.3 is 5.32 Å². The van der Waals surface area contributed by atoms with Crippen molar-refractivity contribution in [2.45, 2.75) is 11.6 Å². The summed E-state index contributed by atoms with van der Waals surface area (Å²) in [5.41, 5.74) is 2.78. The summed E-state index contributed by atoms with van der Waals surface area (Å²) in [4.78, 5) is 16.4. The number of thioether (sulfide) groups is 1. The zero-order chi connectivity index (χ0) is 21.5. The smallest absolute Gasteiger partial charge is 0.230 e. The summed E-state index contributed by atoms with van der Waals surface area (Å²) >= 11 is 1.33. The van der Waals surface area contributed by atoms with Gasteiger partial charge in [0.25, 0.3) is 0 Å². The molecule has 0 atom stereocenters. The van der Waals surface area contributed by atoms with Crippen molar-refractivity contribution in [1.82, 2.24) is 25.1 Å². The van der Waals surface area contributed by atoms with Gasteiger partial charge in [-0.2, -0.15) is 0 Å². The van der Waals surface area contributed by atoms with Crippen LogP contribution in [0.15, 0.2) is 84.3 Å². The van der Waals surface area contributed by atoms with E-state index in [1.54, 1.807) is 24.5 Å². The van der Waals surface area contributed by atoms with Crippen molar-refractivity contribution >= 4 is 17.7 Å². The Kier molecular flexibility index (Phi) is 6.68. The summed E-state index contributed by atoms with van der Waals surface area (Å²) in [5.74, 6) is 0.538. The fourth-order valence-corrected chi connectivity index (χ4v) is 3.82. The molecule has 0 unspecified atom stereocenters. The normalized spacial score (nSPS) is 10.7. The average Bonchev–Trinajstić information content (AvgIpc) is 3.24. The quantitative estimate of drug-likeness (QED) is 0.427. The predicted octanol–water partition coefficient (Wildman–Crippen LogP) is 3.92. The van der Waals surface area contributed by atoms with Crippen LogP contribution in [0.4, 0.5) is 4.39 Å². The molecule has 0 aliphatic rings. The van der Waals surface area contributed by atoms with Gasteiger partial charge in [-0.3, -0.25) is 14.3 Å². The highest BCUT2D eigenvalue weighted by atomic mass is 32.2. The van der Waals surface area contributed by atoms with Gasteiger partial charge in [0.1, 0.15) is 5.82 Å². The van der Waals surface area contributed by atoms with Gasteiger partial charge in [-0.15, -0.1) is 10.2 Å². The van der Waals surface area contributed by atoms with Crippen molar-refractivity contribution in [3.8, 4) is 17.1 Å². The minimum atomic E-state index is -0.266. The van der Waals surface area contributed by atoms with Crippen LogP contribution in [0.5, 0.6) is 0 Å². The molecular weight excluding hydrogens is 413 g/mol. The van der Waals surface area contributed by atoms with Crippen molar-refractivity contribution in [3.63, 3.8) is 0 Å². The SMILES string of the molecule is O=C(CSc1nnc(-c2ccncc2)n1-c1ccccc1)NCCc1ccc(F)cc1. The molecule has 1 amide bonds. The number of pyridine rings is 1. The summed E-state index contributed by atoms with van der Waals surface area (Å²) in [5, 5.41) is 12.2. The average molecular weight is 434 g/mol. The van der Waals surface area contributed by atoms with Crippen molar-refractivity contribution in [2.24, 2.45) is 0 Å². The number of halogens is 1. The zero-order valence-corrected chi connectivity index (χ0v) is 17.4. The third kappa shape index (κ3) is 5.35. The monoisotopic (exact) mass is 433 g/mol. The van der Waals surface area contributed by atoms with Crippen LogP contribution in [-0.4, -0.2) is 38.0 Å². The van der Waals surface area contributed by atoms with Crippen LogP contribution in [0, 0.1) is 5.82 Å². The third-order valence-corrected chi connectivity index (χ3v) is 5.50. The van der Waals surface area contributed by atoms with E-state index in [0.717, 1.165) is 16.8 Å². The Morgan fingerprint density at radius 1 is 0.968 bits per heavy atom. The Labute approximate surface area is 183 Å². The summed E-state index contributed by atoms with van der Waals surface area (Å²) in [6, 6.07) is 19.8. The fourth-order valence-electron chi connectivity index (χ4n) is 3.04. The number of amides is 1. The summed E-state index contributed by atoms with van der Waals surface area (Å²) in [7, 11) is 0. The number of nitrogens with one attached hydrogen (secondary N) is 1. The lowest BCUT2D eigenvalue weighted by Crippen LogP contribution is -2.27. The van der Waals surface area contributed by atoms with Gasteiger partial charge in [0.2, 0.25) is 5.91 Å². The van der Waals surface area contributed by atoms with E-state index in [-0.39, 0.29) is 17.5 Å². The lowest BCUT2D eigenvalue weighted by atomic mass is 10.1. The highest BCUT2D eigenvalue weighted by Crippen LogP contribution is 2.27. The van der Waals surface area contributed by atoms with Gasteiger partial charge in [-0.05, 0) is 48.4 Å². The van der Waals surface area contributed by atoms with Gasteiger partial charge >= 0.3 is 0 Å². The molecule has 0 saturated carbocycles. The van der Waals surface area contributed by atoms with Gasteiger partial charge in [0.15, 0.2) is 11.0 Å². The van der Waals surface area contributed by atoms with Crippen LogP contribution >= 0.6 is 11.8 Å². The fraction of sp³-hybridized carbons (Fsp3) is 0.130. The highest BCUT2D eigenvalue weighted by Gasteiger charge is 2.17. The largest absolute Gasteiger partial charge is 0.355 e. The van der Waals surface area contributed by atoms with E-state index in [0.29, 0.717) is 23.9 Å². The second kappa shape index (κ2) is 9.99. The van der Waals surface area contributed by atoms with E-state index in [4.69, 9.17) is 0 Å². The van der Waals surface area contributed by atoms with E-state index in [1.165, 1.54) is 23.9 Å². The van der Waals surface area contributed by atoms with Crippen molar-refractivity contribution in [3.05, 3.63) is 90.5 Å². The van der Waals surface area contributed by atoms with Gasteiger partial charge in [-0.25, -0.2) is 4.39 Å². The second-order valence-electron chi connectivity index (χ2n) is 6.73. The molecule has 1 N–H and O–H groups in total. The first-order valence-electron chi connectivity index (χ1n) is 9.76.